The van der Waals surface area contributed by atoms with Gasteiger partial charge in [0.25, 0.3) is 0 Å². The molecular formula is C24H32F4. The largest absolute Gasteiger partial charge is 0.416 e. The molecule has 2 rings (SSSR count). The number of hydrogen-bond acceptors (Lipinski definition) is 0. The molecule has 0 nitrogen and oxygen atoms in total. The Morgan fingerprint density at radius 2 is 1.21 bits per heavy atom. The maximum absolute atomic E-state index is 12.9. The van der Waals surface area contributed by atoms with E-state index >= 15 is 0 Å². The monoisotopic (exact) mass is 396 g/mol. The number of alkyl halides is 3. The van der Waals surface area contributed by atoms with Crippen molar-refractivity contribution in [2.45, 2.75) is 67.5 Å². The molecule has 156 valence electrons. The van der Waals surface area contributed by atoms with Crippen molar-refractivity contribution in [3.8, 4) is 0 Å². The first kappa shape index (κ1) is 24.2. The SMILES string of the molecule is CC(C)(C)Cc1cccc(C(F)(F)F)c1.Cc1cc(CC(C)(C)C)ccc1F. The third-order valence-corrected chi connectivity index (χ3v) is 3.95. The van der Waals surface area contributed by atoms with E-state index in [2.05, 4.69) is 20.8 Å². The molecule has 0 amide bonds. The van der Waals surface area contributed by atoms with Gasteiger partial charge in [0.2, 0.25) is 0 Å². The summed E-state index contributed by atoms with van der Waals surface area (Å²) in [6.45, 7) is 14.4. The van der Waals surface area contributed by atoms with Gasteiger partial charge >= 0.3 is 6.18 Å². The molecule has 0 atom stereocenters. The highest BCUT2D eigenvalue weighted by Crippen LogP contribution is 2.31. The topological polar surface area (TPSA) is 0 Å². The Morgan fingerprint density at radius 1 is 0.714 bits per heavy atom. The van der Waals surface area contributed by atoms with Gasteiger partial charge in [-0.1, -0.05) is 71.9 Å². The van der Waals surface area contributed by atoms with E-state index in [1.54, 1.807) is 12.1 Å². The van der Waals surface area contributed by atoms with Crippen LogP contribution in [0.1, 0.15) is 63.8 Å². The third-order valence-electron chi connectivity index (χ3n) is 3.95. The van der Waals surface area contributed by atoms with Crippen molar-refractivity contribution < 1.29 is 17.6 Å². The van der Waals surface area contributed by atoms with Crippen LogP contribution < -0.4 is 0 Å². The number of aryl methyl sites for hydroxylation is 1. The van der Waals surface area contributed by atoms with Crippen LogP contribution in [0.15, 0.2) is 42.5 Å². The van der Waals surface area contributed by atoms with Gasteiger partial charge in [0.05, 0.1) is 5.56 Å². The van der Waals surface area contributed by atoms with E-state index in [4.69, 9.17) is 0 Å². The van der Waals surface area contributed by atoms with Crippen LogP contribution in [-0.2, 0) is 19.0 Å². The van der Waals surface area contributed by atoms with Crippen molar-refractivity contribution in [2.24, 2.45) is 10.8 Å². The molecule has 0 spiro atoms. The molecule has 0 saturated carbocycles. The molecule has 0 N–H and O–H groups in total. The maximum atomic E-state index is 12.9. The zero-order chi connectivity index (χ0) is 21.8. The van der Waals surface area contributed by atoms with Crippen LogP contribution in [0.4, 0.5) is 17.6 Å². The fourth-order valence-corrected chi connectivity index (χ4v) is 2.90. The Hall–Kier alpha value is -1.84. The number of hydrogen-bond donors (Lipinski definition) is 0. The van der Waals surface area contributed by atoms with Crippen LogP contribution in [-0.4, -0.2) is 0 Å². The van der Waals surface area contributed by atoms with Crippen molar-refractivity contribution in [1.29, 1.82) is 0 Å². The van der Waals surface area contributed by atoms with Crippen LogP contribution in [0.3, 0.4) is 0 Å². The lowest BCUT2D eigenvalue weighted by atomic mass is 9.88. The van der Waals surface area contributed by atoms with Gasteiger partial charge < -0.3 is 0 Å². The van der Waals surface area contributed by atoms with Crippen LogP contribution in [0.25, 0.3) is 0 Å². The molecule has 4 heteroatoms. The molecule has 0 bridgehead atoms. The predicted molar refractivity (Wildman–Crippen MR) is 109 cm³/mol. The van der Waals surface area contributed by atoms with Crippen LogP contribution in [0, 0.1) is 23.6 Å². The molecule has 2 aromatic carbocycles. The van der Waals surface area contributed by atoms with Crippen molar-refractivity contribution in [3.05, 3.63) is 70.5 Å². The smallest absolute Gasteiger partial charge is 0.207 e. The van der Waals surface area contributed by atoms with Crippen molar-refractivity contribution in [1.82, 2.24) is 0 Å². The average Bonchev–Trinajstić information content (AvgIpc) is 2.48. The molecule has 0 unspecified atom stereocenters. The minimum Gasteiger partial charge on any atom is -0.207 e. The number of benzene rings is 2. The Morgan fingerprint density at radius 3 is 1.64 bits per heavy atom. The molecule has 2 aromatic rings. The Kier molecular flexibility index (Phi) is 7.87. The lowest BCUT2D eigenvalue weighted by Crippen LogP contribution is -2.11. The minimum absolute atomic E-state index is 0.00419. The Bertz CT molecular complexity index is 759. The molecule has 0 saturated heterocycles. The fourth-order valence-electron chi connectivity index (χ4n) is 2.90. The first-order valence-corrected chi connectivity index (χ1v) is 9.48. The number of halogens is 4. The lowest BCUT2D eigenvalue weighted by Gasteiger charge is -2.18. The lowest BCUT2D eigenvalue weighted by molar-refractivity contribution is -0.137. The second-order valence-electron chi connectivity index (χ2n) is 9.76. The summed E-state index contributed by atoms with van der Waals surface area (Å²) < 4.78 is 50.1. The highest BCUT2D eigenvalue weighted by Gasteiger charge is 2.30. The molecule has 28 heavy (non-hydrogen) atoms. The number of rotatable bonds is 2. The van der Waals surface area contributed by atoms with E-state index in [0.29, 0.717) is 6.42 Å². The van der Waals surface area contributed by atoms with Crippen molar-refractivity contribution >= 4 is 0 Å². The van der Waals surface area contributed by atoms with Crippen molar-refractivity contribution in [3.63, 3.8) is 0 Å². The molecule has 0 aliphatic rings. The van der Waals surface area contributed by atoms with Gasteiger partial charge in [-0.3, -0.25) is 0 Å². The second kappa shape index (κ2) is 9.11. The standard InChI is InChI=1S/C12H15F3.C12H17F/c1-11(2,3)8-9-5-4-6-10(7-9)12(13,14)15;1-9-7-10(5-6-11(9)13)8-12(2,3)4/h4-7H,8H2,1-3H3;5-7H,8H2,1-4H3. The van der Waals surface area contributed by atoms with Gasteiger partial charge in [-0.25, -0.2) is 4.39 Å². The summed E-state index contributed by atoms with van der Waals surface area (Å²) in [6.07, 6.45) is -2.60. The van der Waals surface area contributed by atoms with E-state index in [0.717, 1.165) is 23.6 Å². The van der Waals surface area contributed by atoms with E-state index < -0.39 is 11.7 Å². The average molecular weight is 397 g/mol. The summed E-state index contributed by atoms with van der Waals surface area (Å²) in [5.74, 6) is -0.113. The van der Waals surface area contributed by atoms with Gasteiger partial charge in [0, 0.05) is 0 Å². The van der Waals surface area contributed by atoms with E-state index in [1.807, 2.05) is 39.8 Å². The summed E-state index contributed by atoms with van der Waals surface area (Å²) >= 11 is 0. The van der Waals surface area contributed by atoms with Crippen LogP contribution in [0.2, 0.25) is 0 Å². The third kappa shape index (κ3) is 9.38. The molecule has 0 aliphatic carbocycles. The van der Waals surface area contributed by atoms with Crippen LogP contribution in [0.5, 0.6) is 0 Å². The summed E-state index contributed by atoms with van der Waals surface area (Å²) in [5.41, 5.74) is 2.39. The fraction of sp³-hybridized carbons (Fsp3) is 0.500. The minimum atomic E-state index is -4.24. The van der Waals surface area contributed by atoms with Gasteiger partial charge in [-0.2, -0.15) is 13.2 Å². The first-order chi connectivity index (χ1) is 12.6. The highest BCUT2D eigenvalue weighted by molar-refractivity contribution is 5.26. The second-order valence-corrected chi connectivity index (χ2v) is 9.76. The zero-order valence-corrected chi connectivity index (χ0v) is 18.0. The quantitative estimate of drug-likeness (QED) is 0.451. The van der Waals surface area contributed by atoms with E-state index in [9.17, 15) is 17.6 Å². The molecule has 0 fully saturated rings. The van der Waals surface area contributed by atoms with Gasteiger partial charge in [-0.15, -0.1) is 0 Å². The normalized spacial score (nSPS) is 12.4. The Labute approximate surface area is 167 Å². The molecule has 0 heterocycles. The molecule has 0 radical (unpaired) electrons. The first-order valence-electron chi connectivity index (χ1n) is 9.48. The summed E-state index contributed by atoms with van der Waals surface area (Å²) in [6, 6.07) is 10.9. The molecular weight excluding hydrogens is 364 g/mol. The van der Waals surface area contributed by atoms with Gasteiger partial charge in [0.15, 0.2) is 0 Å². The zero-order valence-electron chi connectivity index (χ0n) is 18.0. The summed E-state index contributed by atoms with van der Waals surface area (Å²) in [4.78, 5) is 0. The maximum Gasteiger partial charge on any atom is 0.416 e. The predicted octanol–water partition coefficient (Wildman–Crippen LogP) is 8.02. The van der Waals surface area contributed by atoms with Gasteiger partial charge in [-0.05, 0) is 59.4 Å². The molecule has 0 aromatic heterocycles. The van der Waals surface area contributed by atoms with E-state index in [1.165, 1.54) is 17.7 Å². The summed E-state index contributed by atoms with van der Waals surface area (Å²) in [5, 5.41) is 0. The van der Waals surface area contributed by atoms with E-state index in [-0.39, 0.29) is 16.6 Å². The van der Waals surface area contributed by atoms with Crippen LogP contribution >= 0.6 is 0 Å². The molecule has 0 aliphatic heterocycles. The van der Waals surface area contributed by atoms with Gasteiger partial charge in [0.1, 0.15) is 5.82 Å². The Balaban J connectivity index is 0.000000283. The van der Waals surface area contributed by atoms with Crippen molar-refractivity contribution in [2.75, 3.05) is 0 Å². The highest BCUT2D eigenvalue weighted by atomic mass is 19.4. The summed E-state index contributed by atoms with van der Waals surface area (Å²) in [7, 11) is 0.